The number of rotatable bonds is 9. The topological polar surface area (TPSA) is 56.8 Å². The fraction of sp³-hybridized carbons (Fsp3) is 0.238. The van der Waals surface area contributed by atoms with Crippen molar-refractivity contribution in [1.82, 2.24) is 5.32 Å². The third-order valence-electron chi connectivity index (χ3n) is 3.83. The van der Waals surface area contributed by atoms with Crippen molar-refractivity contribution in [3.8, 4) is 11.5 Å². The van der Waals surface area contributed by atoms with Crippen molar-refractivity contribution in [3.05, 3.63) is 64.6 Å². The molecule has 28 heavy (non-hydrogen) atoms. The molecule has 2 aromatic carbocycles. The largest absolute Gasteiger partial charge is 0.491 e. The molecule has 0 bridgehead atoms. The van der Waals surface area contributed by atoms with Gasteiger partial charge in [-0.05, 0) is 42.8 Å². The number of thioether (sulfide) groups is 1. The molecule has 3 rings (SSSR count). The second kappa shape index (κ2) is 10.3. The summed E-state index contributed by atoms with van der Waals surface area (Å²) in [5, 5.41) is 2.60. The first kappa shape index (κ1) is 20.4. The van der Waals surface area contributed by atoms with Gasteiger partial charge in [0.05, 0.1) is 18.1 Å². The molecule has 1 aliphatic heterocycles. The van der Waals surface area contributed by atoms with Crippen LogP contribution in [-0.4, -0.2) is 36.7 Å². The van der Waals surface area contributed by atoms with Gasteiger partial charge in [0.15, 0.2) is 0 Å². The molecule has 0 spiro atoms. The molecule has 5 nitrogen and oxygen atoms in total. The zero-order valence-electron chi connectivity index (χ0n) is 15.5. The van der Waals surface area contributed by atoms with Crippen molar-refractivity contribution in [2.45, 2.75) is 6.92 Å². The summed E-state index contributed by atoms with van der Waals surface area (Å²) in [6.45, 7) is 3.99. The second-order valence-corrected chi connectivity index (χ2v) is 7.76. The molecule has 7 heteroatoms. The van der Waals surface area contributed by atoms with Gasteiger partial charge in [-0.1, -0.05) is 53.8 Å². The van der Waals surface area contributed by atoms with Gasteiger partial charge in [0, 0.05) is 0 Å². The van der Waals surface area contributed by atoms with E-state index in [9.17, 15) is 4.79 Å². The van der Waals surface area contributed by atoms with Crippen LogP contribution in [0, 0.1) is 6.92 Å². The molecule has 1 fully saturated rings. The van der Waals surface area contributed by atoms with Gasteiger partial charge >= 0.3 is 0 Å². The Morgan fingerprint density at radius 2 is 1.50 bits per heavy atom. The van der Waals surface area contributed by atoms with Crippen LogP contribution in [0.15, 0.2) is 53.4 Å². The number of carbonyl (C=O) groups is 1. The van der Waals surface area contributed by atoms with Crippen LogP contribution in [0.5, 0.6) is 11.5 Å². The molecule has 0 unspecified atom stereocenters. The molecule has 0 atom stereocenters. The maximum absolute atomic E-state index is 11.7. The molecular formula is C21H21NO4S2. The number of ether oxygens (including phenoxy) is 3. The fourth-order valence-corrected chi connectivity index (χ4v) is 3.45. The van der Waals surface area contributed by atoms with Crippen LogP contribution in [0.1, 0.15) is 11.1 Å². The third-order valence-corrected chi connectivity index (χ3v) is 5.00. The minimum Gasteiger partial charge on any atom is -0.491 e. The molecule has 0 radical (unpaired) electrons. The van der Waals surface area contributed by atoms with E-state index in [0.717, 1.165) is 17.1 Å². The predicted octanol–water partition coefficient (Wildman–Crippen LogP) is 3.96. The van der Waals surface area contributed by atoms with Gasteiger partial charge in [0.2, 0.25) is 0 Å². The molecule has 0 saturated carbocycles. The van der Waals surface area contributed by atoms with Crippen LogP contribution in [0.25, 0.3) is 6.08 Å². The average molecular weight is 416 g/mol. The standard InChI is InChI=1S/C21H21NO4S2/c1-15-2-6-17(7-3-15)25-12-10-24-11-13-26-18-8-4-16(5-9-18)14-19-20(23)22-21(27)28-19/h2-9,14H,10-13H2,1H3,(H,22,23,27)/b19-14-. The van der Waals surface area contributed by atoms with Gasteiger partial charge < -0.3 is 19.5 Å². The molecule has 1 amide bonds. The first-order chi connectivity index (χ1) is 13.6. The van der Waals surface area contributed by atoms with E-state index in [4.69, 9.17) is 26.4 Å². The van der Waals surface area contributed by atoms with Gasteiger partial charge in [0.25, 0.3) is 5.91 Å². The van der Waals surface area contributed by atoms with E-state index in [1.54, 1.807) is 6.08 Å². The van der Waals surface area contributed by atoms with Crippen LogP contribution in [-0.2, 0) is 9.53 Å². The number of thiocarbonyl (C=S) groups is 1. The van der Waals surface area contributed by atoms with E-state index in [-0.39, 0.29) is 5.91 Å². The average Bonchev–Trinajstić information content (AvgIpc) is 3.00. The number of carbonyl (C=O) groups excluding carboxylic acids is 1. The minimum absolute atomic E-state index is 0.154. The molecular weight excluding hydrogens is 394 g/mol. The smallest absolute Gasteiger partial charge is 0.263 e. The number of aryl methyl sites for hydroxylation is 1. The number of hydrogen-bond donors (Lipinski definition) is 1. The molecule has 2 aromatic rings. The summed E-state index contributed by atoms with van der Waals surface area (Å²) < 4.78 is 17.3. The highest BCUT2D eigenvalue weighted by Gasteiger charge is 2.21. The summed E-state index contributed by atoms with van der Waals surface area (Å²) in [4.78, 5) is 12.3. The van der Waals surface area contributed by atoms with Crippen molar-refractivity contribution in [2.24, 2.45) is 0 Å². The zero-order chi connectivity index (χ0) is 19.8. The first-order valence-corrected chi connectivity index (χ1v) is 10.1. The Morgan fingerprint density at radius 1 is 0.929 bits per heavy atom. The Kier molecular flexibility index (Phi) is 7.47. The third kappa shape index (κ3) is 6.37. The Hall–Kier alpha value is -2.35. The van der Waals surface area contributed by atoms with Crippen LogP contribution in [0.2, 0.25) is 0 Å². The first-order valence-electron chi connectivity index (χ1n) is 8.85. The Labute approximate surface area is 174 Å². The molecule has 146 valence electrons. The van der Waals surface area contributed by atoms with E-state index in [2.05, 4.69) is 5.32 Å². The molecule has 1 saturated heterocycles. The van der Waals surface area contributed by atoms with Crippen molar-refractivity contribution in [2.75, 3.05) is 26.4 Å². The normalized spacial score (nSPS) is 15.0. The quantitative estimate of drug-likeness (QED) is 0.380. The van der Waals surface area contributed by atoms with Gasteiger partial charge in [-0.25, -0.2) is 0 Å². The maximum Gasteiger partial charge on any atom is 0.263 e. The van der Waals surface area contributed by atoms with Gasteiger partial charge in [-0.15, -0.1) is 0 Å². The lowest BCUT2D eigenvalue weighted by atomic mass is 10.2. The summed E-state index contributed by atoms with van der Waals surface area (Å²) in [5.74, 6) is 1.44. The lowest BCUT2D eigenvalue weighted by Gasteiger charge is -2.09. The molecule has 1 heterocycles. The number of benzene rings is 2. The second-order valence-electron chi connectivity index (χ2n) is 6.04. The van der Waals surface area contributed by atoms with E-state index in [0.29, 0.717) is 35.7 Å². The monoisotopic (exact) mass is 415 g/mol. The van der Waals surface area contributed by atoms with Crippen molar-refractivity contribution in [1.29, 1.82) is 0 Å². The van der Waals surface area contributed by atoms with Crippen molar-refractivity contribution < 1.29 is 19.0 Å². The highest BCUT2D eigenvalue weighted by atomic mass is 32.2. The maximum atomic E-state index is 11.7. The van der Waals surface area contributed by atoms with E-state index < -0.39 is 0 Å². The summed E-state index contributed by atoms with van der Waals surface area (Å²) in [7, 11) is 0. The van der Waals surface area contributed by atoms with E-state index in [1.165, 1.54) is 17.3 Å². The van der Waals surface area contributed by atoms with Crippen LogP contribution in [0.4, 0.5) is 0 Å². The van der Waals surface area contributed by atoms with Gasteiger partial charge in [-0.2, -0.15) is 0 Å². The Morgan fingerprint density at radius 3 is 2.04 bits per heavy atom. The molecule has 0 aromatic heterocycles. The number of nitrogens with one attached hydrogen (secondary N) is 1. The van der Waals surface area contributed by atoms with E-state index >= 15 is 0 Å². The van der Waals surface area contributed by atoms with Gasteiger partial charge in [0.1, 0.15) is 29.0 Å². The molecule has 1 aliphatic rings. The lowest BCUT2D eigenvalue weighted by molar-refractivity contribution is -0.115. The predicted molar refractivity (Wildman–Crippen MR) is 116 cm³/mol. The molecule has 1 N–H and O–H groups in total. The van der Waals surface area contributed by atoms with E-state index in [1.807, 2.05) is 55.5 Å². The lowest BCUT2D eigenvalue weighted by Crippen LogP contribution is -2.17. The van der Waals surface area contributed by atoms with Crippen LogP contribution >= 0.6 is 24.0 Å². The minimum atomic E-state index is -0.154. The zero-order valence-corrected chi connectivity index (χ0v) is 17.1. The van der Waals surface area contributed by atoms with Crippen LogP contribution in [0.3, 0.4) is 0 Å². The summed E-state index contributed by atoms with van der Waals surface area (Å²) in [6.07, 6.45) is 1.81. The number of hydrogen-bond acceptors (Lipinski definition) is 6. The highest BCUT2D eigenvalue weighted by molar-refractivity contribution is 8.26. The molecule has 0 aliphatic carbocycles. The summed E-state index contributed by atoms with van der Waals surface area (Å²) >= 11 is 6.24. The SMILES string of the molecule is Cc1ccc(OCCOCCOc2ccc(/C=C3\SC(=S)NC3=O)cc2)cc1. The number of amides is 1. The Balaban J connectivity index is 1.32. The van der Waals surface area contributed by atoms with Crippen molar-refractivity contribution in [3.63, 3.8) is 0 Å². The fourth-order valence-electron chi connectivity index (χ4n) is 2.41. The van der Waals surface area contributed by atoms with Gasteiger partial charge in [-0.3, -0.25) is 4.79 Å². The van der Waals surface area contributed by atoms with Crippen LogP contribution < -0.4 is 14.8 Å². The summed E-state index contributed by atoms with van der Waals surface area (Å²) in [6, 6.07) is 15.4. The Bertz CT molecular complexity index is 848. The van der Waals surface area contributed by atoms with Crippen molar-refractivity contribution >= 4 is 40.3 Å². The highest BCUT2D eigenvalue weighted by Crippen LogP contribution is 2.26. The summed E-state index contributed by atoms with van der Waals surface area (Å²) in [5.41, 5.74) is 2.12.